The third kappa shape index (κ3) is 2.85. The molecule has 5 heteroatoms. The van der Waals surface area contributed by atoms with E-state index in [0.717, 1.165) is 18.9 Å². The Kier molecular flexibility index (Phi) is 4.14. The second-order valence-electron chi connectivity index (χ2n) is 4.20. The Morgan fingerprint density at radius 1 is 1.53 bits per heavy atom. The fourth-order valence-corrected chi connectivity index (χ4v) is 2.28. The minimum atomic E-state index is 0.520. The van der Waals surface area contributed by atoms with Gasteiger partial charge in [0.2, 0.25) is 5.88 Å². The Labute approximate surface area is 102 Å². The van der Waals surface area contributed by atoms with Gasteiger partial charge in [-0.2, -0.15) is 4.98 Å². The van der Waals surface area contributed by atoms with Crippen molar-refractivity contribution in [2.24, 2.45) is 0 Å². The molecule has 1 N–H and O–H groups in total. The average Bonchev–Trinajstić information content (AvgIpc) is 2.79. The van der Waals surface area contributed by atoms with E-state index in [1.165, 1.54) is 12.8 Å². The fourth-order valence-electron chi connectivity index (χ4n) is 2.28. The van der Waals surface area contributed by atoms with E-state index in [-0.39, 0.29) is 0 Å². The van der Waals surface area contributed by atoms with Crippen LogP contribution in [-0.4, -0.2) is 42.8 Å². The van der Waals surface area contributed by atoms with Gasteiger partial charge in [0.1, 0.15) is 0 Å². The summed E-state index contributed by atoms with van der Waals surface area (Å²) in [7, 11) is 1.98. The molecule has 0 aromatic carbocycles. The Morgan fingerprint density at radius 3 is 3.18 bits per heavy atom. The number of likely N-dealkylation sites (N-methyl/N-ethyl adjacent to an activating group) is 1. The number of anilines is 1. The molecule has 0 radical (unpaired) electrons. The molecule has 0 bridgehead atoms. The standard InChI is InChI=1S/C12H20N4O/c1-3-17-12-9-14-8-11(15-12)16-6-4-5-10(16)7-13-2/h8-10,13H,3-7H2,1-2H3. The predicted octanol–water partition coefficient (Wildman–Crippen LogP) is 1.06. The van der Waals surface area contributed by atoms with Crippen molar-refractivity contribution in [3.05, 3.63) is 12.4 Å². The summed E-state index contributed by atoms with van der Waals surface area (Å²) in [4.78, 5) is 11.0. The van der Waals surface area contributed by atoms with Crippen LogP contribution in [0.4, 0.5) is 5.82 Å². The first kappa shape index (κ1) is 12.1. The number of hydrogen-bond donors (Lipinski definition) is 1. The molecule has 1 aromatic heterocycles. The third-order valence-electron chi connectivity index (χ3n) is 3.00. The molecule has 1 aliphatic rings. The van der Waals surface area contributed by atoms with Crippen LogP contribution >= 0.6 is 0 Å². The van der Waals surface area contributed by atoms with Crippen molar-refractivity contribution in [2.75, 3.05) is 31.6 Å². The van der Waals surface area contributed by atoms with Gasteiger partial charge in [-0.3, -0.25) is 4.98 Å². The molecule has 2 rings (SSSR count). The lowest BCUT2D eigenvalue weighted by atomic mass is 10.2. The Bertz CT molecular complexity index is 358. The van der Waals surface area contributed by atoms with Crippen LogP contribution in [0.5, 0.6) is 5.88 Å². The third-order valence-corrected chi connectivity index (χ3v) is 3.00. The van der Waals surface area contributed by atoms with E-state index in [0.29, 0.717) is 18.5 Å². The molecule has 2 heterocycles. The molecular formula is C12H20N4O. The van der Waals surface area contributed by atoms with E-state index in [4.69, 9.17) is 4.74 Å². The van der Waals surface area contributed by atoms with Crippen molar-refractivity contribution in [1.82, 2.24) is 15.3 Å². The Morgan fingerprint density at radius 2 is 2.41 bits per heavy atom. The highest BCUT2D eigenvalue weighted by atomic mass is 16.5. The second kappa shape index (κ2) is 5.82. The zero-order valence-corrected chi connectivity index (χ0v) is 10.5. The van der Waals surface area contributed by atoms with Gasteiger partial charge in [-0.1, -0.05) is 0 Å². The molecule has 0 spiro atoms. The van der Waals surface area contributed by atoms with Crippen LogP contribution in [0.3, 0.4) is 0 Å². The maximum atomic E-state index is 5.39. The summed E-state index contributed by atoms with van der Waals surface area (Å²) < 4.78 is 5.39. The van der Waals surface area contributed by atoms with Gasteiger partial charge in [0.05, 0.1) is 19.0 Å². The lowest BCUT2D eigenvalue weighted by molar-refractivity contribution is 0.325. The average molecular weight is 236 g/mol. The van der Waals surface area contributed by atoms with Crippen molar-refractivity contribution in [3.8, 4) is 5.88 Å². The highest BCUT2D eigenvalue weighted by molar-refractivity contribution is 5.40. The quantitative estimate of drug-likeness (QED) is 0.828. The van der Waals surface area contributed by atoms with Crippen molar-refractivity contribution in [3.63, 3.8) is 0 Å². The van der Waals surface area contributed by atoms with Crippen molar-refractivity contribution >= 4 is 5.82 Å². The summed E-state index contributed by atoms with van der Waals surface area (Å²) in [5.74, 6) is 1.54. The summed E-state index contributed by atoms with van der Waals surface area (Å²) in [5, 5.41) is 3.23. The van der Waals surface area contributed by atoms with Gasteiger partial charge in [0.15, 0.2) is 5.82 Å². The fraction of sp³-hybridized carbons (Fsp3) is 0.667. The van der Waals surface area contributed by atoms with Crippen LogP contribution in [0.25, 0.3) is 0 Å². The highest BCUT2D eigenvalue weighted by Gasteiger charge is 2.25. The van der Waals surface area contributed by atoms with Crippen LogP contribution in [0.1, 0.15) is 19.8 Å². The zero-order chi connectivity index (χ0) is 12.1. The van der Waals surface area contributed by atoms with Crippen molar-refractivity contribution in [1.29, 1.82) is 0 Å². The first-order valence-corrected chi connectivity index (χ1v) is 6.21. The van der Waals surface area contributed by atoms with E-state index < -0.39 is 0 Å². The molecule has 5 nitrogen and oxygen atoms in total. The summed E-state index contributed by atoms with van der Waals surface area (Å²) in [5.41, 5.74) is 0. The van der Waals surface area contributed by atoms with Crippen LogP contribution in [0, 0.1) is 0 Å². The Hall–Kier alpha value is -1.36. The van der Waals surface area contributed by atoms with E-state index >= 15 is 0 Å². The van der Waals surface area contributed by atoms with Gasteiger partial charge in [-0.15, -0.1) is 0 Å². The molecule has 17 heavy (non-hydrogen) atoms. The summed E-state index contributed by atoms with van der Waals surface area (Å²) in [6.45, 7) is 4.61. The number of nitrogens with zero attached hydrogens (tertiary/aromatic N) is 3. The van der Waals surface area contributed by atoms with E-state index in [1.807, 2.05) is 20.2 Å². The van der Waals surface area contributed by atoms with E-state index in [2.05, 4.69) is 20.2 Å². The summed E-state index contributed by atoms with van der Waals surface area (Å²) in [6, 6.07) is 0.520. The van der Waals surface area contributed by atoms with E-state index in [1.54, 1.807) is 6.20 Å². The van der Waals surface area contributed by atoms with Gasteiger partial charge >= 0.3 is 0 Å². The SMILES string of the molecule is CCOc1cncc(N2CCCC2CNC)n1. The first-order valence-electron chi connectivity index (χ1n) is 6.21. The van der Waals surface area contributed by atoms with Crippen molar-refractivity contribution < 1.29 is 4.74 Å². The molecule has 1 unspecified atom stereocenters. The molecule has 94 valence electrons. The monoisotopic (exact) mass is 236 g/mol. The summed E-state index contributed by atoms with van der Waals surface area (Å²) in [6.07, 6.45) is 5.90. The molecule has 0 aliphatic carbocycles. The number of aromatic nitrogens is 2. The molecule has 1 saturated heterocycles. The van der Waals surface area contributed by atoms with E-state index in [9.17, 15) is 0 Å². The largest absolute Gasteiger partial charge is 0.477 e. The molecule has 1 aromatic rings. The van der Waals surface area contributed by atoms with Gasteiger partial charge in [-0.05, 0) is 26.8 Å². The van der Waals surface area contributed by atoms with Crippen molar-refractivity contribution in [2.45, 2.75) is 25.8 Å². The number of ether oxygens (including phenoxy) is 1. The maximum absolute atomic E-state index is 5.39. The van der Waals surface area contributed by atoms with Crippen LogP contribution in [0.2, 0.25) is 0 Å². The molecule has 0 saturated carbocycles. The maximum Gasteiger partial charge on any atom is 0.234 e. The number of hydrogen-bond acceptors (Lipinski definition) is 5. The molecule has 1 aliphatic heterocycles. The molecule has 0 amide bonds. The lowest BCUT2D eigenvalue weighted by Crippen LogP contribution is -2.37. The summed E-state index contributed by atoms with van der Waals surface area (Å²) >= 11 is 0. The van der Waals surface area contributed by atoms with Gasteiger partial charge < -0.3 is 15.0 Å². The van der Waals surface area contributed by atoms with Crippen LogP contribution in [0.15, 0.2) is 12.4 Å². The second-order valence-corrected chi connectivity index (χ2v) is 4.20. The van der Waals surface area contributed by atoms with Gasteiger partial charge in [0.25, 0.3) is 0 Å². The molecule has 1 atom stereocenters. The smallest absolute Gasteiger partial charge is 0.234 e. The molecule has 1 fully saturated rings. The number of nitrogens with one attached hydrogen (secondary N) is 1. The van der Waals surface area contributed by atoms with Crippen LogP contribution in [-0.2, 0) is 0 Å². The molecular weight excluding hydrogens is 216 g/mol. The highest BCUT2D eigenvalue weighted by Crippen LogP contribution is 2.24. The minimum absolute atomic E-state index is 0.520. The normalized spacial score (nSPS) is 19.6. The minimum Gasteiger partial charge on any atom is -0.477 e. The number of rotatable bonds is 5. The van der Waals surface area contributed by atoms with Crippen LogP contribution < -0.4 is 15.0 Å². The van der Waals surface area contributed by atoms with Gasteiger partial charge in [0, 0.05) is 19.1 Å². The topological polar surface area (TPSA) is 50.3 Å². The lowest BCUT2D eigenvalue weighted by Gasteiger charge is -2.25. The Balaban J connectivity index is 2.12. The zero-order valence-electron chi connectivity index (χ0n) is 10.5. The first-order chi connectivity index (χ1) is 8.35. The predicted molar refractivity (Wildman–Crippen MR) is 67.5 cm³/mol. The van der Waals surface area contributed by atoms with Gasteiger partial charge in [-0.25, -0.2) is 0 Å².